The minimum absolute atomic E-state index is 0.114. The molecule has 0 aliphatic carbocycles. The van der Waals surface area contributed by atoms with Crippen molar-refractivity contribution in [2.24, 2.45) is 0 Å². The number of ether oxygens (including phenoxy) is 1. The van der Waals surface area contributed by atoms with Gasteiger partial charge in [-0.05, 0) is 24.1 Å². The molecule has 4 nitrogen and oxygen atoms in total. The van der Waals surface area contributed by atoms with Gasteiger partial charge in [-0.3, -0.25) is 0 Å². The number of benzene rings is 1. The van der Waals surface area contributed by atoms with E-state index in [4.69, 9.17) is 0 Å². The standard InChI is InChI=1S/C11H12O4/c1-15-11(14)9-7-8(3-2-6-12)4-5-10(9)13/h4-7,13H,2-3H2,1H3. The molecule has 0 aromatic heterocycles. The summed E-state index contributed by atoms with van der Waals surface area (Å²) in [6, 6.07) is 4.63. The average Bonchev–Trinajstić information content (AvgIpc) is 2.27. The maximum atomic E-state index is 11.2. The Bertz CT molecular complexity index is 371. The zero-order valence-corrected chi connectivity index (χ0v) is 8.40. The lowest BCUT2D eigenvalue weighted by molar-refractivity contribution is -0.107. The van der Waals surface area contributed by atoms with E-state index < -0.39 is 5.97 Å². The minimum atomic E-state index is -0.583. The second kappa shape index (κ2) is 5.14. The number of phenols is 1. The molecule has 0 aliphatic heterocycles. The van der Waals surface area contributed by atoms with Crippen LogP contribution in [0, 0.1) is 0 Å². The summed E-state index contributed by atoms with van der Waals surface area (Å²) in [5.41, 5.74) is 0.946. The highest BCUT2D eigenvalue weighted by Crippen LogP contribution is 2.19. The maximum absolute atomic E-state index is 11.2. The van der Waals surface area contributed by atoms with Crippen LogP contribution in [-0.4, -0.2) is 24.5 Å². The van der Waals surface area contributed by atoms with Crippen molar-refractivity contribution in [3.63, 3.8) is 0 Å². The Labute approximate surface area is 87.5 Å². The summed E-state index contributed by atoms with van der Waals surface area (Å²) in [4.78, 5) is 21.4. The van der Waals surface area contributed by atoms with Crippen molar-refractivity contribution in [3.8, 4) is 5.75 Å². The first-order valence-corrected chi connectivity index (χ1v) is 4.53. The number of carbonyl (C=O) groups excluding carboxylic acids is 2. The number of carbonyl (C=O) groups is 2. The van der Waals surface area contributed by atoms with E-state index in [0.29, 0.717) is 12.8 Å². The Kier molecular flexibility index (Phi) is 3.85. The van der Waals surface area contributed by atoms with Crippen molar-refractivity contribution in [3.05, 3.63) is 29.3 Å². The molecule has 0 bridgehead atoms. The van der Waals surface area contributed by atoms with Gasteiger partial charge < -0.3 is 14.6 Å². The van der Waals surface area contributed by atoms with Gasteiger partial charge in [0.05, 0.1) is 7.11 Å². The summed E-state index contributed by atoms with van der Waals surface area (Å²) in [7, 11) is 1.25. The van der Waals surface area contributed by atoms with Gasteiger partial charge in [0.2, 0.25) is 0 Å². The monoisotopic (exact) mass is 208 g/mol. The molecule has 0 spiro atoms. The number of rotatable bonds is 4. The fourth-order valence-electron chi connectivity index (χ4n) is 1.24. The number of esters is 1. The summed E-state index contributed by atoms with van der Waals surface area (Å²) < 4.78 is 4.51. The lowest BCUT2D eigenvalue weighted by Crippen LogP contribution is -2.02. The third-order valence-corrected chi connectivity index (χ3v) is 2.02. The van der Waals surface area contributed by atoms with Gasteiger partial charge in [0.1, 0.15) is 17.6 Å². The van der Waals surface area contributed by atoms with E-state index in [9.17, 15) is 14.7 Å². The molecule has 0 heterocycles. The fourth-order valence-corrected chi connectivity index (χ4v) is 1.24. The first-order chi connectivity index (χ1) is 7.19. The van der Waals surface area contributed by atoms with Crippen LogP contribution in [-0.2, 0) is 16.0 Å². The van der Waals surface area contributed by atoms with E-state index >= 15 is 0 Å². The zero-order chi connectivity index (χ0) is 11.3. The zero-order valence-electron chi connectivity index (χ0n) is 8.40. The molecule has 0 fully saturated rings. The van der Waals surface area contributed by atoms with E-state index in [1.54, 1.807) is 6.07 Å². The van der Waals surface area contributed by atoms with Crippen LogP contribution in [0.4, 0.5) is 0 Å². The predicted octanol–water partition coefficient (Wildman–Crippen LogP) is 1.31. The summed E-state index contributed by atoms with van der Waals surface area (Å²) in [6.45, 7) is 0. The number of aromatic hydroxyl groups is 1. The van der Waals surface area contributed by atoms with Crippen LogP contribution in [0.15, 0.2) is 18.2 Å². The van der Waals surface area contributed by atoms with E-state index in [-0.39, 0.29) is 11.3 Å². The summed E-state index contributed by atoms with van der Waals surface area (Å²) in [5, 5.41) is 9.39. The van der Waals surface area contributed by atoms with Gasteiger partial charge in [-0.15, -0.1) is 0 Å². The van der Waals surface area contributed by atoms with E-state index in [2.05, 4.69) is 4.74 Å². The van der Waals surface area contributed by atoms with Crippen LogP contribution in [0.1, 0.15) is 22.3 Å². The van der Waals surface area contributed by atoms with E-state index in [1.165, 1.54) is 19.2 Å². The van der Waals surface area contributed by atoms with E-state index in [0.717, 1.165) is 11.8 Å². The second-order valence-corrected chi connectivity index (χ2v) is 3.05. The molecule has 1 aromatic carbocycles. The van der Waals surface area contributed by atoms with Crippen LogP contribution in [0.5, 0.6) is 5.75 Å². The molecule has 1 aromatic rings. The first-order valence-electron chi connectivity index (χ1n) is 4.53. The second-order valence-electron chi connectivity index (χ2n) is 3.05. The smallest absolute Gasteiger partial charge is 0.341 e. The number of phenolic OH excluding ortho intramolecular Hbond substituents is 1. The topological polar surface area (TPSA) is 63.6 Å². The molecular formula is C11H12O4. The molecular weight excluding hydrogens is 196 g/mol. The molecule has 0 unspecified atom stereocenters. The number of aryl methyl sites for hydroxylation is 1. The Morgan fingerprint density at radius 1 is 1.53 bits per heavy atom. The summed E-state index contributed by atoms with van der Waals surface area (Å²) >= 11 is 0. The molecule has 15 heavy (non-hydrogen) atoms. The Morgan fingerprint density at radius 3 is 2.87 bits per heavy atom. The van der Waals surface area contributed by atoms with Gasteiger partial charge in [0, 0.05) is 6.42 Å². The van der Waals surface area contributed by atoms with Gasteiger partial charge in [0.25, 0.3) is 0 Å². The number of aldehydes is 1. The van der Waals surface area contributed by atoms with Crippen molar-refractivity contribution in [2.75, 3.05) is 7.11 Å². The van der Waals surface area contributed by atoms with Crippen LogP contribution in [0.25, 0.3) is 0 Å². The molecule has 4 heteroatoms. The quantitative estimate of drug-likeness (QED) is 0.598. The van der Waals surface area contributed by atoms with Crippen LogP contribution >= 0.6 is 0 Å². The molecule has 0 atom stereocenters. The SMILES string of the molecule is COC(=O)c1cc(CCC=O)ccc1O. The molecule has 0 aliphatic rings. The van der Waals surface area contributed by atoms with Crippen molar-refractivity contribution < 1.29 is 19.4 Å². The van der Waals surface area contributed by atoms with Crippen LogP contribution < -0.4 is 0 Å². The average molecular weight is 208 g/mol. The third kappa shape index (κ3) is 2.80. The Morgan fingerprint density at radius 2 is 2.27 bits per heavy atom. The molecule has 80 valence electrons. The van der Waals surface area contributed by atoms with Crippen molar-refractivity contribution in [1.82, 2.24) is 0 Å². The molecule has 0 radical (unpaired) electrons. The van der Waals surface area contributed by atoms with Gasteiger partial charge in [-0.25, -0.2) is 4.79 Å². The number of methoxy groups -OCH3 is 1. The van der Waals surface area contributed by atoms with Crippen molar-refractivity contribution >= 4 is 12.3 Å². The highest BCUT2D eigenvalue weighted by atomic mass is 16.5. The van der Waals surface area contributed by atoms with Gasteiger partial charge in [0.15, 0.2) is 0 Å². The fraction of sp³-hybridized carbons (Fsp3) is 0.273. The molecule has 0 saturated carbocycles. The van der Waals surface area contributed by atoms with Crippen molar-refractivity contribution in [1.29, 1.82) is 0 Å². The molecule has 0 saturated heterocycles. The van der Waals surface area contributed by atoms with Gasteiger partial charge in [-0.2, -0.15) is 0 Å². The number of hydrogen-bond donors (Lipinski definition) is 1. The molecule has 1 rings (SSSR count). The van der Waals surface area contributed by atoms with Crippen LogP contribution in [0.3, 0.4) is 0 Å². The third-order valence-electron chi connectivity index (χ3n) is 2.02. The highest BCUT2D eigenvalue weighted by Gasteiger charge is 2.11. The van der Waals surface area contributed by atoms with Gasteiger partial charge in [-0.1, -0.05) is 6.07 Å². The lowest BCUT2D eigenvalue weighted by atomic mass is 10.1. The summed E-state index contributed by atoms with van der Waals surface area (Å²) in [5.74, 6) is -0.697. The highest BCUT2D eigenvalue weighted by molar-refractivity contribution is 5.92. The summed E-state index contributed by atoms with van der Waals surface area (Å²) in [6.07, 6.45) is 1.75. The maximum Gasteiger partial charge on any atom is 0.341 e. The first kappa shape index (κ1) is 11.2. The Balaban J connectivity index is 2.94. The van der Waals surface area contributed by atoms with Gasteiger partial charge >= 0.3 is 5.97 Å². The largest absolute Gasteiger partial charge is 0.507 e. The molecule has 1 N–H and O–H groups in total. The minimum Gasteiger partial charge on any atom is -0.507 e. The Hall–Kier alpha value is -1.84. The van der Waals surface area contributed by atoms with Crippen molar-refractivity contribution in [2.45, 2.75) is 12.8 Å². The van der Waals surface area contributed by atoms with E-state index in [1.807, 2.05) is 0 Å². The van der Waals surface area contributed by atoms with Crippen LogP contribution in [0.2, 0.25) is 0 Å². The lowest BCUT2D eigenvalue weighted by Gasteiger charge is -2.04. The molecule has 0 amide bonds. The predicted molar refractivity (Wildman–Crippen MR) is 53.8 cm³/mol. The normalized spacial score (nSPS) is 9.67. The number of hydrogen-bond acceptors (Lipinski definition) is 4.